The average Bonchev–Trinajstić information content (AvgIpc) is 2.65. The summed E-state index contributed by atoms with van der Waals surface area (Å²) in [5.41, 5.74) is 0.474. The zero-order valence-corrected chi connectivity index (χ0v) is 15.5. The van der Waals surface area contributed by atoms with Gasteiger partial charge in [-0.3, -0.25) is 9.59 Å². The van der Waals surface area contributed by atoms with Crippen LogP contribution >= 0.6 is 0 Å². The Kier molecular flexibility index (Phi) is 7.49. The zero-order chi connectivity index (χ0) is 21.6. The van der Waals surface area contributed by atoms with Crippen molar-refractivity contribution in [2.75, 3.05) is 6.79 Å². The molecule has 0 bridgehead atoms. The van der Waals surface area contributed by atoms with Crippen LogP contribution < -0.4 is 9.97 Å². The van der Waals surface area contributed by atoms with Crippen molar-refractivity contribution in [1.82, 2.24) is 5.32 Å². The Morgan fingerprint density at radius 3 is 2.69 bits per heavy atom. The molecular weight excluding hydrogens is 398 g/mol. The number of para-hydroxylation sites is 1. The lowest BCUT2D eigenvalue weighted by molar-refractivity contribution is -0.163. The fraction of sp³-hybridized carbons (Fsp3) is 0.471. The van der Waals surface area contributed by atoms with Crippen molar-refractivity contribution in [3.63, 3.8) is 0 Å². The van der Waals surface area contributed by atoms with Gasteiger partial charge < -0.3 is 24.5 Å². The van der Waals surface area contributed by atoms with Crippen molar-refractivity contribution in [3.8, 4) is 5.75 Å². The molecule has 1 amide bonds. The Morgan fingerprint density at radius 2 is 2.03 bits per heavy atom. The molecule has 0 saturated heterocycles. The lowest BCUT2D eigenvalue weighted by Crippen LogP contribution is -2.53. The van der Waals surface area contributed by atoms with Crippen molar-refractivity contribution in [2.45, 2.75) is 44.7 Å². The van der Waals surface area contributed by atoms with Crippen LogP contribution in [-0.2, 0) is 25.5 Å². The molecule has 0 aromatic heterocycles. The van der Waals surface area contributed by atoms with Crippen molar-refractivity contribution in [1.29, 1.82) is 0 Å². The molecule has 1 aliphatic rings. The highest BCUT2D eigenvalue weighted by molar-refractivity contribution is 6.47. The number of hydrogen-bond acceptors (Lipinski definition) is 7. The second-order valence-corrected chi connectivity index (χ2v) is 6.22. The van der Waals surface area contributed by atoms with Gasteiger partial charge >= 0.3 is 25.2 Å². The van der Waals surface area contributed by atoms with Gasteiger partial charge in [-0.25, -0.2) is 4.79 Å². The SMILES string of the molecule is CCC(=O)N[C@H]1Cc2cccc(C(=O)OCOC(=O)CCC(F)(F)F)c2OB1O. The summed E-state index contributed by atoms with van der Waals surface area (Å²) >= 11 is 0. The normalized spacial score (nSPS) is 15.8. The maximum absolute atomic E-state index is 12.2. The molecule has 1 heterocycles. The fourth-order valence-corrected chi connectivity index (χ4v) is 2.56. The standard InChI is InChI=1S/C17H19BF3NO7/c1-2-13(23)22-12-8-10-4-3-5-11(15(10)29-18(12)26)16(25)28-9-27-14(24)6-7-17(19,20)21/h3-5,12,26H,2,6-9H2,1H3,(H,22,23)/t12-/m0/s1. The van der Waals surface area contributed by atoms with E-state index in [9.17, 15) is 32.6 Å². The van der Waals surface area contributed by atoms with Gasteiger partial charge in [0.25, 0.3) is 0 Å². The molecule has 8 nitrogen and oxygen atoms in total. The van der Waals surface area contributed by atoms with Gasteiger partial charge in [0.15, 0.2) is 0 Å². The zero-order valence-electron chi connectivity index (χ0n) is 15.5. The maximum atomic E-state index is 12.2. The monoisotopic (exact) mass is 417 g/mol. The molecule has 0 saturated carbocycles. The first-order chi connectivity index (χ1) is 13.6. The Hall–Kier alpha value is -2.76. The topological polar surface area (TPSA) is 111 Å². The van der Waals surface area contributed by atoms with Crippen molar-refractivity contribution >= 4 is 25.0 Å². The number of benzene rings is 1. The number of nitrogens with one attached hydrogen (secondary N) is 1. The lowest BCUT2D eigenvalue weighted by Gasteiger charge is -2.29. The van der Waals surface area contributed by atoms with Crippen LogP contribution in [0.25, 0.3) is 0 Å². The Bertz CT molecular complexity index is 772. The number of fused-ring (bicyclic) bond motifs is 1. The molecule has 1 aromatic rings. The second kappa shape index (κ2) is 9.63. The largest absolute Gasteiger partial charge is 0.547 e. The minimum atomic E-state index is -4.49. The summed E-state index contributed by atoms with van der Waals surface area (Å²) < 4.78 is 50.7. The van der Waals surface area contributed by atoms with Gasteiger partial charge in [0.2, 0.25) is 12.7 Å². The molecule has 29 heavy (non-hydrogen) atoms. The average molecular weight is 417 g/mol. The highest BCUT2D eigenvalue weighted by Crippen LogP contribution is 2.30. The molecule has 0 unspecified atom stereocenters. The molecular formula is C17H19BF3NO7. The molecule has 0 spiro atoms. The van der Waals surface area contributed by atoms with Crippen LogP contribution in [0, 0.1) is 0 Å². The number of ether oxygens (including phenoxy) is 2. The minimum Gasteiger partial charge on any atom is -0.534 e. The van der Waals surface area contributed by atoms with Crippen molar-refractivity contribution < 1.29 is 46.7 Å². The first-order valence-electron chi connectivity index (χ1n) is 8.76. The summed E-state index contributed by atoms with van der Waals surface area (Å²) in [5, 5.41) is 12.7. The van der Waals surface area contributed by atoms with Gasteiger partial charge in [-0.15, -0.1) is 0 Å². The number of amides is 1. The molecule has 1 atom stereocenters. The maximum Gasteiger partial charge on any atom is 0.547 e. The van der Waals surface area contributed by atoms with Crippen LogP contribution in [0.4, 0.5) is 13.2 Å². The smallest absolute Gasteiger partial charge is 0.534 e. The molecule has 2 N–H and O–H groups in total. The summed E-state index contributed by atoms with van der Waals surface area (Å²) in [6.07, 6.45) is -6.29. The highest BCUT2D eigenvalue weighted by atomic mass is 19.4. The molecule has 0 fully saturated rings. The van der Waals surface area contributed by atoms with E-state index in [0.29, 0.717) is 5.56 Å². The number of hydrogen-bond donors (Lipinski definition) is 2. The number of carbonyl (C=O) groups excluding carboxylic acids is 3. The Morgan fingerprint density at radius 1 is 1.31 bits per heavy atom. The predicted octanol–water partition coefficient (Wildman–Crippen LogP) is 1.54. The van der Waals surface area contributed by atoms with E-state index < -0.39 is 50.8 Å². The van der Waals surface area contributed by atoms with E-state index >= 15 is 0 Å². The number of rotatable bonds is 7. The fourth-order valence-electron chi connectivity index (χ4n) is 2.56. The summed E-state index contributed by atoms with van der Waals surface area (Å²) in [6, 6.07) is 4.52. The number of esters is 2. The molecule has 2 rings (SSSR count). The summed E-state index contributed by atoms with van der Waals surface area (Å²) in [7, 11) is -1.40. The van der Waals surface area contributed by atoms with E-state index in [0.717, 1.165) is 0 Å². The molecule has 0 aliphatic carbocycles. The number of halogens is 3. The van der Waals surface area contributed by atoms with Crippen LogP contribution in [0.1, 0.15) is 42.1 Å². The van der Waals surface area contributed by atoms with Crippen LogP contribution in [0.3, 0.4) is 0 Å². The van der Waals surface area contributed by atoms with Gasteiger partial charge in [0.05, 0.1) is 18.8 Å². The van der Waals surface area contributed by atoms with E-state index in [-0.39, 0.29) is 30.1 Å². The van der Waals surface area contributed by atoms with Crippen molar-refractivity contribution in [3.05, 3.63) is 29.3 Å². The molecule has 0 radical (unpaired) electrons. The first kappa shape index (κ1) is 22.5. The Balaban J connectivity index is 1.95. The minimum absolute atomic E-state index is 0.0513. The lowest BCUT2D eigenvalue weighted by atomic mass is 9.72. The third kappa shape index (κ3) is 6.66. The van der Waals surface area contributed by atoms with E-state index in [4.69, 9.17) is 9.39 Å². The van der Waals surface area contributed by atoms with E-state index in [1.807, 2.05) is 0 Å². The summed E-state index contributed by atoms with van der Waals surface area (Å²) in [5.74, 6) is -3.03. The van der Waals surface area contributed by atoms with E-state index in [1.54, 1.807) is 13.0 Å². The molecule has 1 aliphatic heterocycles. The predicted molar refractivity (Wildman–Crippen MR) is 92.6 cm³/mol. The van der Waals surface area contributed by atoms with Gasteiger partial charge in [0, 0.05) is 6.42 Å². The second-order valence-electron chi connectivity index (χ2n) is 6.22. The van der Waals surface area contributed by atoms with Crippen LogP contribution in [0.5, 0.6) is 5.75 Å². The Labute approximate surface area is 164 Å². The van der Waals surface area contributed by atoms with Gasteiger partial charge in [-0.2, -0.15) is 13.2 Å². The van der Waals surface area contributed by atoms with E-state index in [1.165, 1.54) is 12.1 Å². The molecule has 12 heteroatoms. The summed E-state index contributed by atoms with van der Waals surface area (Å²) in [6.45, 7) is 0.792. The van der Waals surface area contributed by atoms with Crippen LogP contribution in [0.15, 0.2) is 18.2 Å². The third-order valence-corrected chi connectivity index (χ3v) is 4.03. The van der Waals surface area contributed by atoms with Gasteiger partial charge in [-0.05, 0) is 18.1 Å². The summed E-state index contributed by atoms with van der Waals surface area (Å²) in [4.78, 5) is 35.0. The van der Waals surface area contributed by atoms with Crippen LogP contribution in [0.2, 0.25) is 0 Å². The van der Waals surface area contributed by atoms with Crippen molar-refractivity contribution in [2.24, 2.45) is 0 Å². The first-order valence-corrected chi connectivity index (χ1v) is 8.76. The number of carbonyl (C=O) groups is 3. The number of alkyl halides is 3. The third-order valence-electron chi connectivity index (χ3n) is 4.03. The van der Waals surface area contributed by atoms with Gasteiger partial charge in [-0.1, -0.05) is 19.1 Å². The molecule has 158 valence electrons. The highest BCUT2D eigenvalue weighted by Gasteiger charge is 2.37. The van der Waals surface area contributed by atoms with Gasteiger partial charge in [0.1, 0.15) is 11.3 Å². The molecule has 1 aromatic carbocycles. The van der Waals surface area contributed by atoms with E-state index in [2.05, 4.69) is 10.1 Å². The van der Waals surface area contributed by atoms with Crippen LogP contribution in [-0.4, -0.2) is 48.9 Å². The quantitative estimate of drug-likeness (QED) is 0.393.